The molecule has 0 saturated carbocycles. The monoisotopic (exact) mass is 342 g/mol. The molecule has 0 unspecified atom stereocenters. The van der Waals surface area contributed by atoms with Crippen LogP contribution in [0.25, 0.3) is 11.5 Å². The van der Waals surface area contributed by atoms with Crippen molar-refractivity contribution < 1.29 is 18.3 Å². The summed E-state index contributed by atoms with van der Waals surface area (Å²) in [4.78, 5) is 19.1. The van der Waals surface area contributed by atoms with E-state index in [-0.39, 0.29) is 17.6 Å². The highest BCUT2D eigenvalue weighted by Gasteiger charge is 2.32. The van der Waals surface area contributed by atoms with Crippen molar-refractivity contribution in [3.63, 3.8) is 0 Å². The normalized spacial score (nSPS) is 18.3. The smallest absolute Gasteiger partial charge is 0.276 e. The Balaban J connectivity index is 1.62. The number of nitrogens with zero attached hydrogens (tertiary/aromatic N) is 4. The number of furan rings is 1. The van der Waals surface area contributed by atoms with Gasteiger partial charge in [0.05, 0.1) is 12.3 Å². The second-order valence-electron chi connectivity index (χ2n) is 6.09. The van der Waals surface area contributed by atoms with E-state index in [4.69, 9.17) is 13.5 Å². The summed E-state index contributed by atoms with van der Waals surface area (Å²) >= 11 is 0. The molecule has 1 atom stereocenters. The van der Waals surface area contributed by atoms with E-state index >= 15 is 0 Å². The third-order valence-corrected chi connectivity index (χ3v) is 4.35. The van der Waals surface area contributed by atoms with Gasteiger partial charge in [0.25, 0.3) is 5.91 Å². The van der Waals surface area contributed by atoms with Gasteiger partial charge < -0.3 is 18.4 Å². The fourth-order valence-corrected chi connectivity index (χ4v) is 3.13. The van der Waals surface area contributed by atoms with Crippen molar-refractivity contribution in [2.75, 3.05) is 6.54 Å². The minimum atomic E-state index is -0.212. The highest BCUT2D eigenvalue weighted by molar-refractivity contribution is 5.93. The number of likely N-dealkylation sites (tertiary alicyclic amines) is 1. The molecule has 1 aliphatic rings. The molecule has 1 saturated heterocycles. The standard InChI is InChI=1S/C17H18N4O4/c1-11-18-16(20-24-11)13-6-3-2-4-8-21(13)17(22)12-10-15(25-19-12)14-7-5-9-23-14/h5,7,9-10,13H,2-4,6,8H2,1H3/t13-/m0/s1. The first-order valence-electron chi connectivity index (χ1n) is 8.34. The Labute approximate surface area is 143 Å². The molecule has 3 aromatic heterocycles. The molecule has 0 aromatic carbocycles. The fraction of sp³-hybridized carbons (Fsp3) is 0.412. The summed E-state index contributed by atoms with van der Waals surface area (Å²) in [6, 6.07) is 4.90. The first-order valence-corrected chi connectivity index (χ1v) is 8.34. The first kappa shape index (κ1) is 15.6. The Hall–Kier alpha value is -2.90. The average molecular weight is 342 g/mol. The molecule has 8 heteroatoms. The number of rotatable bonds is 3. The van der Waals surface area contributed by atoms with E-state index < -0.39 is 0 Å². The average Bonchev–Trinajstić information content (AvgIpc) is 3.33. The van der Waals surface area contributed by atoms with Gasteiger partial charge in [0.15, 0.2) is 17.3 Å². The van der Waals surface area contributed by atoms with Crippen molar-refractivity contribution in [1.29, 1.82) is 0 Å². The molecule has 3 aromatic rings. The molecule has 130 valence electrons. The summed E-state index contributed by atoms with van der Waals surface area (Å²) < 4.78 is 15.6. The second kappa shape index (κ2) is 6.54. The van der Waals surface area contributed by atoms with Gasteiger partial charge in [-0.2, -0.15) is 4.98 Å². The molecule has 0 aliphatic carbocycles. The van der Waals surface area contributed by atoms with Crippen molar-refractivity contribution in [3.8, 4) is 11.5 Å². The molecule has 4 rings (SSSR count). The summed E-state index contributed by atoms with van der Waals surface area (Å²) in [5.74, 6) is 1.80. The van der Waals surface area contributed by atoms with Crippen LogP contribution in [0.5, 0.6) is 0 Å². The van der Waals surface area contributed by atoms with Crippen LogP contribution in [0.4, 0.5) is 0 Å². The van der Waals surface area contributed by atoms with Crippen LogP contribution in [0.15, 0.2) is 37.9 Å². The number of hydrogen-bond donors (Lipinski definition) is 0. The zero-order valence-corrected chi connectivity index (χ0v) is 13.8. The maximum atomic E-state index is 13.0. The van der Waals surface area contributed by atoms with E-state index in [9.17, 15) is 4.79 Å². The number of carbonyl (C=O) groups excluding carboxylic acids is 1. The Morgan fingerprint density at radius 3 is 2.88 bits per heavy atom. The van der Waals surface area contributed by atoms with Crippen molar-refractivity contribution >= 4 is 5.91 Å². The summed E-state index contributed by atoms with van der Waals surface area (Å²) in [5.41, 5.74) is 0.249. The van der Waals surface area contributed by atoms with Gasteiger partial charge in [-0.15, -0.1) is 0 Å². The number of carbonyl (C=O) groups is 1. The zero-order valence-electron chi connectivity index (χ0n) is 13.8. The van der Waals surface area contributed by atoms with Crippen LogP contribution < -0.4 is 0 Å². The maximum absolute atomic E-state index is 13.0. The topological polar surface area (TPSA) is 98.4 Å². The van der Waals surface area contributed by atoms with Crippen LogP contribution in [-0.4, -0.2) is 32.6 Å². The van der Waals surface area contributed by atoms with Crippen LogP contribution in [-0.2, 0) is 0 Å². The van der Waals surface area contributed by atoms with Crippen LogP contribution in [0.1, 0.15) is 53.9 Å². The lowest BCUT2D eigenvalue weighted by molar-refractivity contribution is 0.0660. The van der Waals surface area contributed by atoms with Gasteiger partial charge in [-0.25, -0.2) is 0 Å². The minimum absolute atomic E-state index is 0.198. The Morgan fingerprint density at radius 1 is 1.20 bits per heavy atom. The zero-order chi connectivity index (χ0) is 17.2. The Kier molecular flexibility index (Phi) is 4.09. The van der Waals surface area contributed by atoms with Gasteiger partial charge in [0.2, 0.25) is 11.7 Å². The molecular formula is C17H18N4O4. The first-order chi connectivity index (χ1) is 12.2. The Bertz CT molecular complexity index is 852. The van der Waals surface area contributed by atoms with E-state index in [2.05, 4.69) is 15.3 Å². The molecule has 8 nitrogen and oxygen atoms in total. The molecule has 0 bridgehead atoms. The molecule has 4 heterocycles. The van der Waals surface area contributed by atoms with Crippen LogP contribution in [0.2, 0.25) is 0 Å². The van der Waals surface area contributed by atoms with Crippen molar-refractivity contribution in [3.05, 3.63) is 41.9 Å². The molecule has 0 spiro atoms. The lowest BCUT2D eigenvalue weighted by Crippen LogP contribution is -2.35. The largest absolute Gasteiger partial charge is 0.461 e. The van der Waals surface area contributed by atoms with E-state index in [1.807, 2.05) is 0 Å². The molecule has 0 radical (unpaired) electrons. The Morgan fingerprint density at radius 2 is 2.12 bits per heavy atom. The lowest BCUT2D eigenvalue weighted by Gasteiger charge is -2.26. The van der Waals surface area contributed by atoms with Crippen LogP contribution in [0, 0.1) is 6.92 Å². The van der Waals surface area contributed by atoms with E-state index in [0.29, 0.717) is 29.8 Å². The van der Waals surface area contributed by atoms with Gasteiger partial charge >= 0.3 is 0 Å². The maximum Gasteiger partial charge on any atom is 0.276 e. The predicted octanol–water partition coefficient (Wildman–Crippen LogP) is 3.38. The third-order valence-electron chi connectivity index (χ3n) is 4.35. The second-order valence-corrected chi connectivity index (χ2v) is 6.09. The van der Waals surface area contributed by atoms with Gasteiger partial charge in [-0.05, 0) is 25.0 Å². The molecule has 1 aliphatic heterocycles. The lowest BCUT2D eigenvalue weighted by atomic mass is 10.1. The van der Waals surface area contributed by atoms with Crippen LogP contribution >= 0.6 is 0 Å². The fourth-order valence-electron chi connectivity index (χ4n) is 3.13. The van der Waals surface area contributed by atoms with Gasteiger partial charge in [0, 0.05) is 19.5 Å². The number of amides is 1. The van der Waals surface area contributed by atoms with E-state index in [1.54, 1.807) is 36.3 Å². The molecule has 1 fully saturated rings. The van der Waals surface area contributed by atoms with Crippen LogP contribution in [0.3, 0.4) is 0 Å². The summed E-state index contributed by atoms with van der Waals surface area (Å²) in [5, 5.41) is 7.94. The number of aromatic nitrogens is 3. The summed E-state index contributed by atoms with van der Waals surface area (Å²) in [7, 11) is 0. The number of hydrogen-bond acceptors (Lipinski definition) is 7. The van der Waals surface area contributed by atoms with Crippen molar-refractivity contribution in [2.45, 2.75) is 38.6 Å². The van der Waals surface area contributed by atoms with Crippen molar-refractivity contribution in [2.24, 2.45) is 0 Å². The minimum Gasteiger partial charge on any atom is -0.461 e. The highest BCUT2D eigenvalue weighted by atomic mass is 16.5. The predicted molar refractivity (Wildman–Crippen MR) is 85.5 cm³/mol. The molecular weight excluding hydrogens is 324 g/mol. The van der Waals surface area contributed by atoms with Gasteiger partial charge in [-0.1, -0.05) is 23.2 Å². The molecule has 1 amide bonds. The van der Waals surface area contributed by atoms with Crippen molar-refractivity contribution in [1.82, 2.24) is 20.2 Å². The highest BCUT2D eigenvalue weighted by Crippen LogP contribution is 2.30. The summed E-state index contributed by atoms with van der Waals surface area (Å²) in [6.45, 7) is 2.37. The third kappa shape index (κ3) is 3.07. The van der Waals surface area contributed by atoms with Gasteiger partial charge in [-0.3, -0.25) is 4.79 Å². The van der Waals surface area contributed by atoms with E-state index in [1.165, 1.54) is 0 Å². The number of aryl methyl sites for hydroxylation is 1. The van der Waals surface area contributed by atoms with Gasteiger partial charge in [0.1, 0.15) is 0 Å². The van der Waals surface area contributed by atoms with E-state index in [0.717, 1.165) is 25.7 Å². The molecule has 25 heavy (non-hydrogen) atoms. The quantitative estimate of drug-likeness (QED) is 0.719. The summed E-state index contributed by atoms with van der Waals surface area (Å²) in [6.07, 6.45) is 5.35. The molecule has 0 N–H and O–H groups in total. The SMILES string of the molecule is Cc1nc([C@@H]2CCCCCN2C(=O)c2cc(-c3ccco3)on2)no1.